The molecule has 1 N–H and O–H groups in total. The molecule has 0 aromatic heterocycles. The minimum Gasteiger partial charge on any atom is -0.457 e. The average Bonchev–Trinajstić information content (AvgIpc) is 3.29. The van der Waals surface area contributed by atoms with Gasteiger partial charge in [-0.05, 0) is 36.2 Å². The van der Waals surface area contributed by atoms with Crippen molar-refractivity contribution in [3.63, 3.8) is 0 Å². The van der Waals surface area contributed by atoms with Crippen LogP contribution < -0.4 is 10.1 Å². The Labute approximate surface area is 175 Å². The number of likely N-dealkylation sites (tertiary alicyclic amines) is 1. The number of para-hydroxylation sites is 1. The second-order valence-corrected chi connectivity index (χ2v) is 10.0. The van der Waals surface area contributed by atoms with Crippen LogP contribution >= 0.6 is 0 Å². The molecule has 30 heavy (non-hydrogen) atoms. The van der Waals surface area contributed by atoms with Crippen molar-refractivity contribution < 1.29 is 22.7 Å². The van der Waals surface area contributed by atoms with Crippen LogP contribution in [0.1, 0.15) is 18.4 Å². The van der Waals surface area contributed by atoms with Gasteiger partial charge in [-0.2, -0.15) is 0 Å². The van der Waals surface area contributed by atoms with Crippen molar-refractivity contribution in [1.82, 2.24) is 10.2 Å². The standard InChI is InChI=1S/C22H24N2O5S/c25-21-12-17(14-24(21)18-9-10-30(27,28)15-18)22(26)23-13-16-5-4-8-20(11-16)29-19-6-2-1-3-7-19/h1-8,11,17-18H,9-10,12-15H2,(H,23,26)/t17-,18+/m1/s1. The van der Waals surface area contributed by atoms with Gasteiger partial charge in [0.05, 0.1) is 17.4 Å². The highest BCUT2D eigenvalue weighted by atomic mass is 32.2. The highest BCUT2D eigenvalue weighted by Crippen LogP contribution is 2.26. The number of nitrogens with zero attached hydrogens (tertiary/aromatic N) is 1. The molecule has 2 amide bonds. The lowest BCUT2D eigenvalue weighted by Crippen LogP contribution is -2.39. The zero-order valence-electron chi connectivity index (χ0n) is 16.5. The molecule has 2 aliphatic rings. The molecule has 2 aromatic carbocycles. The molecule has 7 nitrogen and oxygen atoms in total. The quantitative estimate of drug-likeness (QED) is 0.761. The molecule has 0 bridgehead atoms. The molecule has 2 heterocycles. The van der Waals surface area contributed by atoms with Crippen LogP contribution in [0.15, 0.2) is 54.6 Å². The Morgan fingerprint density at radius 3 is 2.60 bits per heavy atom. The van der Waals surface area contributed by atoms with Gasteiger partial charge in [0.2, 0.25) is 11.8 Å². The first-order valence-corrected chi connectivity index (χ1v) is 11.8. The Kier molecular flexibility index (Phi) is 5.76. The summed E-state index contributed by atoms with van der Waals surface area (Å²) in [7, 11) is -3.07. The Bertz CT molecular complexity index is 1040. The fourth-order valence-corrected chi connectivity index (χ4v) is 5.69. The predicted octanol–water partition coefficient (Wildman–Crippen LogP) is 2.13. The van der Waals surface area contributed by atoms with E-state index >= 15 is 0 Å². The molecule has 4 rings (SSSR count). The molecule has 8 heteroatoms. The third-order valence-electron chi connectivity index (χ3n) is 5.52. The summed E-state index contributed by atoms with van der Waals surface area (Å²) >= 11 is 0. The van der Waals surface area contributed by atoms with Crippen molar-refractivity contribution >= 4 is 21.7 Å². The van der Waals surface area contributed by atoms with E-state index in [4.69, 9.17) is 4.74 Å². The van der Waals surface area contributed by atoms with Crippen LogP contribution in [-0.4, -0.2) is 49.2 Å². The molecule has 0 radical (unpaired) electrons. The van der Waals surface area contributed by atoms with E-state index in [9.17, 15) is 18.0 Å². The molecule has 2 atom stereocenters. The van der Waals surface area contributed by atoms with Crippen molar-refractivity contribution in [2.45, 2.75) is 25.4 Å². The van der Waals surface area contributed by atoms with Gasteiger partial charge >= 0.3 is 0 Å². The van der Waals surface area contributed by atoms with Crippen LogP contribution in [0, 0.1) is 5.92 Å². The number of carbonyl (C=O) groups excluding carboxylic acids is 2. The number of ether oxygens (including phenoxy) is 1. The maximum absolute atomic E-state index is 12.6. The highest BCUT2D eigenvalue weighted by Gasteiger charge is 2.41. The second-order valence-electron chi connectivity index (χ2n) is 7.78. The lowest BCUT2D eigenvalue weighted by Gasteiger charge is -2.22. The van der Waals surface area contributed by atoms with Crippen LogP contribution in [0.25, 0.3) is 0 Å². The van der Waals surface area contributed by atoms with Crippen LogP contribution in [0.5, 0.6) is 11.5 Å². The van der Waals surface area contributed by atoms with Crippen molar-refractivity contribution in [2.24, 2.45) is 5.92 Å². The number of benzene rings is 2. The molecule has 2 saturated heterocycles. The maximum Gasteiger partial charge on any atom is 0.225 e. The van der Waals surface area contributed by atoms with E-state index in [1.165, 1.54) is 0 Å². The summed E-state index contributed by atoms with van der Waals surface area (Å²) in [5.74, 6) is 0.733. The lowest BCUT2D eigenvalue weighted by atomic mass is 10.1. The molecule has 2 aromatic rings. The van der Waals surface area contributed by atoms with E-state index in [0.29, 0.717) is 18.7 Å². The van der Waals surface area contributed by atoms with Gasteiger partial charge < -0.3 is 15.0 Å². The van der Waals surface area contributed by atoms with Gasteiger partial charge in [0, 0.05) is 25.6 Å². The van der Waals surface area contributed by atoms with Gasteiger partial charge in [-0.25, -0.2) is 8.42 Å². The summed E-state index contributed by atoms with van der Waals surface area (Å²) in [4.78, 5) is 26.5. The smallest absolute Gasteiger partial charge is 0.225 e. The average molecular weight is 429 g/mol. The van der Waals surface area contributed by atoms with Crippen molar-refractivity contribution in [3.05, 3.63) is 60.2 Å². The molecular formula is C22H24N2O5S. The molecular weight excluding hydrogens is 404 g/mol. The molecule has 2 fully saturated rings. The van der Waals surface area contributed by atoms with Gasteiger partial charge in [-0.15, -0.1) is 0 Å². The molecule has 0 aliphatic carbocycles. The first kappa shape index (κ1) is 20.4. The number of hydrogen-bond acceptors (Lipinski definition) is 5. The predicted molar refractivity (Wildman–Crippen MR) is 112 cm³/mol. The fourth-order valence-electron chi connectivity index (χ4n) is 3.96. The third-order valence-corrected chi connectivity index (χ3v) is 7.27. The first-order valence-electron chi connectivity index (χ1n) is 9.99. The van der Waals surface area contributed by atoms with E-state index in [1.807, 2.05) is 54.6 Å². The summed E-state index contributed by atoms with van der Waals surface area (Å²) in [6.07, 6.45) is 0.580. The highest BCUT2D eigenvalue weighted by molar-refractivity contribution is 7.91. The van der Waals surface area contributed by atoms with E-state index in [2.05, 4.69) is 5.32 Å². The van der Waals surface area contributed by atoms with Gasteiger partial charge in [0.15, 0.2) is 9.84 Å². The van der Waals surface area contributed by atoms with Gasteiger partial charge in [-0.3, -0.25) is 9.59 Å². The molecule has 2 aliphatic heterocycles. The van der Waals surface area contributed by atoms with Crippen LogP contribution in [0.3, 0.4) is 0 Å². The van der Waals surface area contributed by atoms with Crippen molar-refractivity contribution in [1.29, 1.82) is 0 Å². The summed E-state index contributed by atoms with van der Waals surface area (Å²) in [6.45, 7) is 0.606. The van der Waals surface area contributed by atoms with Crippen LogP contribution in [-0.2, 0) is 26.0 Å². The number of sulfone groups is 1. The second kappa shape index (κ2) is 8.47. The fraction of sp³-hybridized carbons (Fsp3) is 0.364. The monoisotopic (exact) mass is 428 g/mol. The maximum atomic E-state index is 12.6. The van der Waals surface area contributed by atoms with E-state index in [0.717, 1.165) is 11.3 Å². The largest absolute Gasteiger partial charge is 0.457 e. The molecule has 0 spiro atoms. The SMILES string of the molecule is O=C(NCc1cccc(Oc2ccccc2)c1)[C@@H]1CC(=O)N([C@H]2CCS(=O)(=O)C2)C1. The Hall–Kier alpha value is -2.87. The van der Waals surface area contributed by atoms with Crippen molar-refractivity contribution in [3.8, 4) is 11.5 Å². The number of carbonyl (C=O) groups is 2. The summed E-state index contributed by atoms with van der Waals surface area (Å²) in [5.41, 5.74) is 0.889. The zero-order chi connectivity index (χ0) is 21.1. The summed E-state index contributed by atoms with van der Waals surface area (Å²) < 4.78 is 29.2. The summed E-state index contributed by atoms with van der Waals surface area (Å²) in [5, 5.41) is 2.89. The van der Waals surface area contributed by atoms with Gasteiger partial charge in [0.25, 0.3) is 0 Å². The first-order chi connectivity index (χ1) is 14.4. The minimum absolute atomic E-state index is 0.00128. The molecule has 0 saturated carbocycles. The van der Waals surface area contributed by atoms with Crippen LogP contribution in [0.2, 0.25) is 0 Å². The normalized spacial score (nSPS) is 22.8. The van der Waals surface area contributed by atoms with E-state index in [-0.39, 0.29) is 42.3 Å². The minimum atomic E-state index is -3.07. The number of nitrogens with one attached hydrogen (secondary N) is 1. The summed E-state index contributed by atoms with van der Waals surface area (Å²) in [6, 6.07) is 16.6. The van der Waals surface area contributed by atoms with Crippen molar-refractivity contribution in [2.75, 3.05) is 18.1 Å². The number of rotatable bonds is 6. The van der Waals surface area contributed by atoms with Gasteiger partial charge in [0.1, 0.15) is 11.5 Å². The number of amides is 2. The third kappa shape index (κ3) is 4.81. The Morgan fingerprint density at radius 2 is 1.87 bits per heavy atom. The van der Waals surface area contributed by atoms with E-state index < -0.39 is 15.8 Å². The Balaban J connectivity index is 1.32. The Morgan fingerprint density at radius 1 is 1.10 bits per heavy atom. The topological polar surface area (TPSA) is 92.8 Å². The van der Waals surface area contributed by atoms with Gasteiger partial charge in [-0.1, -0.05) is 30.3 Å². The molecule has 0 unspecified atom stereocenters. The lowest BCUT2D eigenvalue weighted by molar-refractivity contribution is -0.130. The van der Waals surface area contributed by atoms with Crippen LogP contribution in [0.4, 0.5) is 0 Å². The zero-order valence-corrected chi connectivity index (χ0v) is 17.3. The van der Waals surface area contributed by atoms with E-state index in [1.54, 1.807) is 4.90 Å². The molecule has 158 valence electrons. The number of hydrogen-bond donors (Lipinski definition) is 1.